The minimum Gasteiger partial charge on any atom is -0.497 e. The molecule has 0 radical (unpaired) electrons. The smallest absolute Gasteiger partial charge is 0.119 e. The highest BCUT2D eigenvalue weighted by Crippen LogP contribution is 2.46. The van der Waals surface area contributed by atoms with Gasteiger partial charge in [-0.25, -0.2) is 0 Å². The van der Waals surface area contributed by atoms with Crippen molar-refractivity contribution in [3.05, 3.63) is 29.8 Å². The molecular formula is C13H20N2O. The summed E-state index contributed by atoms with van der Waals surface area (Å²) in [5, 5.41) is 0. The average molecular weight is 220 g/mol. The molecule has 1 saturated carbocycles. The predicted molar refractivity (Wildman–Crippen MR) is 65.6 cm³/mol. The van der Waals surface area contributed by atoms with Gasteiger partial charge in [-0.05, 0) is 44.6 Å². The third-order valence-electron chi connectivity index (χ3n) is 3.30. The summed E-state index contributed by atoms with van der Waals surface area (Å²) >= 11 is 0. The maximum absolute atomic E-state index is 6.33. The van der Waals surface area contributed by atoms with Crippen LogP contribution in [0.4, 0.5) is 0 Å². The highest BCUT2D eigenvalue weighted by molar-refractivity contribution is 5.34. The van der Waals surface area contributed by atoms with E-state index >= 15 is 0 Å². The Kier molecular flexibility index (Phi) is 2.91. The molecule has 1 unspecified atom stereocenters. The summed E-state index contributed by atoms with van der Waals surface area (Å²) in [5.74, 6) is 0.897. The maximum atomic E-state index is 6.33. The van der Waals surface area contributed by atoms with Crippen LogP contribution in [0.5, 0.6) is 5.75 Å². The highest BCUT2D eigenvalue weighted by atomic mass is 16.5. The van der Waals surface area contributed by atoms with E-state index in [1.54, 1.807) is 7.11 Å². The van der Waals surface area contributed by atoms with Gasteiger partial charge in [0.15, 0.2) is 0 Å². The fourth-order valence-corrected chi connectivity index (χ4v) is 2.37. The summed E-state index contributed by atoms with van der Waals surface area (Å²) in [4.78, 5) is 2.20. The van der Waals surface area contributed by atoms with Crippen LogP contribution in [0.3, 0.4) is 0 Å². The van der Waals surface area contributed by atoms with Gasteiger partial charge in [0, 0.05) is 5.54 Å². The summed E-state index contributed by atoms with van der Waals surface area (Å²) in [6.07, 6.45) is 2.21. The van der Waals surface area contributed by atoms with E-state index in [0.717, 1.165) is 18.6 Å². The Morgan fingerprint density at radius 2 is 2.06 bits per heavy atom. The molecule has 0 amide bonds. The minimum absolute atomic E-state index is 0.0458. The molecule has 88 valence electrons. The molecule has 1 aliphatic rings. The van der Waals surface area contributed by atoms with Gasteiger partial charge in [0.25, 0.3) is 0 Å². The second-order valence-corrected chi connectivity index (χ2v) is 4.88. The van der Waals surface area contributed by atoms with E-state index in [1.807, 2.05) is 12.1 Å². The fourth-order valence-electron chi connectivity index (χ4n) is 2.37. The molecule has 1 fully saturated rings. The van der Waals surface area contributed by atoms with Crippen molar-refractivity contribution < 1.29 is 4.74 Å². The molecule has 0 saturated heterocycles. The van der Waals surface area contributed by atoms with E-state index < -0.39 is 0 Å². The lowest BCUT2D eigenvalue weighted by Gasteiger charge is -2.30. The fraction of sp³-hybridized carbons (Fsp3) is 0.538. The summed E-state index contributed by atoms with van der Waals surface area (Å²) in [6, 6.07) is 8.48. The van der Waals surface area contributed by atoms with E-state index in [0.29, 0.717) is 0 Å². The quantitative estimate of drug-likeness (QED) is 0.840. The number of methoxy groups -OCH3 is 1. The van der Waals surface area contributed by atoms with Crippen molar-refractivity contribution in [2.75, 3.05) is 21.2 Å². The largest absolute Gasteiger partial charge is 0.497 e. The Morgan fingerprint density at radius 1 is 1.38 bits per heavy atom. The normalized spacial score (nSPS) is 19.6. The zero-order valence-corrected chi connectivity index (χ0v) is 10.2. The third kappa shape index (κ3) is 2.06. The molecule has 1 atom stereocenters. The van der Waals surface area contributed by atoms with Crippen LogP contribution in [-0.4, -0.2) is 31.6 Å². The average Bonchev–Trinajstić information content (AvgIpc) is 2.97. The van der Waals surface area contributed by atoms with Crippen LogP contribution in [0.25, 0.3) is 0 Å². The van der Waals surface area contributed by atoms with Gasteiger partial charge in [-0.3, -0.25) is 0 Å². The molecule has 3 heteroatoms. The molecule has 1 aliphatic carbocycles. The molecule has 1 aromatic rings. The number of ether oxygens (including phenoxy) is 1. The maximum Gasteiger partial charge on any atom is 0.119 e. The van der Waals surface area contributed by atoms with E-state index in [9.17, 15) is 0 Å². The van der Waals surface area contributed by atoms with Gasteiger partial charge in [-0.15, -0.1) is 0 Å². The molecule has 1 aromatic carbocycles. The standard InChI is InChI=1S/C13H20N2O/c1-15(2)12(13(14)7-8-13)10-5-4-6-11(9-10)16-3/h4-6,9,12H,7-8,14H2,1-3H3. The summed E-state index contributed by atoms with van der Waals surface area (Å²) < 4.78 is 5.26. The van der Waals surface area contributed by atoms with Crippen LogP contribution in [0, 0.1) is 0 Å². The lowest BCUT2D eigenvalue weighted by Crippen LogP contribution is -2.39. The molecule has 0 spiro atoms. The summed E-state index contributed by atoms with van der Waals surface area (Å²) in [7, 11) is 5.85. The second-order valence-electron chi connectivity index (χ2n) is 4.88. The number of nitrogens with zero attached hydrogens (tertiary/aromatic N) is 1. The molecule has 2 N–H and O–H groups in total. The Labute approximate surface area is 97.2 Å². The Bertz CT molecular complexity index is 372. The van der Waals surface area contributed by atoms with Gasteiger partial charge in [0.05, 0.1) is 13.2 Å². The van der Waals surface area contributed by atoms with E-state index in [2.05, 4.69) is 31.1 Å². The summed E-state index contributed by atoms with van der Waals surface area (Å²) in [6.45, 7) is 0. The van der Waals surface area contributed by atoms with E-state index in [-0.39, 0.29) is 11.6 Å². The lowest BCUT2D eigenvalue weighted by molar-refractivity contribution is 0.245. The Balaban J connectivity index is 2.31. The van der Waals surface area contributed by atoms with Crippen LogP contribution in [0.2, 0.25) is 0 Å². The molecule has 0 aliphatic heterocycles. The van der Waals surface area contributed by atoms with Crippen LogP contribution < -0.4 is 10.5 Å². The second kappa shape index (κ2) is 4.07. The Morgan fingerprint density at radius 3 is 2.56 bits per heavy atom. The number of hydrogen-bond acceptors (Lipinski definition) is 3. The van der Waals surface area contributed by atoms with Gasteiger partial charge < -0.3 is 15.4 Å². The highest BCUT2D eigenvalue weighted by Gasteiger charge is 2.47. The number of nitrogens with two attached hydrogens (primary N) is 1. The first-order chi connectivity index (χ1) is 7.57. The monoisotopic (exact) mass is 220 g/mol. The molecule has 0 aromatic heterocycles. The predicted octanol–water partition coefficient (Wildman–Crippen LogP) is 1.79. The van der Waals surface area contributed by atoms with E-state index in [4.69, 9.17) is 10.5 Å². The lowest BCUT2D eigenvalue weighted by atomic mass is 9.96. The molecule has 0 bridgehead atoms. The molecular weight excluding hydrogens is 200 g/mol. The molecule has 2 rings (SSSR count). The first-order valence-electron chi connectivity index (χ1n) is 5.66. The van der Waals surface area contributed by atoms with Crippen molar-refractivity contribution in [3.63, 3.8) is 0 Å². The van der Waals surface area contributed by atoms with Crippen LogP contribution in [0.15, 0.2) is 24.3 Å². The van der Waals surface area contributed by atoms with Crippen molar-refractivity contribution in [2.24, 2.45) is 5.73 Å². The van der Waals surface area contributed by atoms with Gasteiger partial charge in [0.2, 0.25) is 0 Å². The van der Waals surface area contributed by atoms with Crippen molar-refractivity contribution in [2.45, 2.75) is 24.4 Å². The molecule has 3 nitrogen and oxygen atoms in total. The number of hydrogen-bond donors (Lipinski definition) is 1. The third-order valence-corrected chi connectivity index (χ3v) is 3.30. The number of benzene rings is 1. The first-order valence-corrected chi connectivity index (χ1v) is 5.66. The van der Waals surface area contributed by atoms with Crippen molar-refractivity contribution in [1.29, 1.82) is 0 Å². The van der Waals surface area contributed by atoms with Crippen LogP contribution >= 0.6 is 0 Å². The van der Waals surface area contributed by atoms with Gasteiger partial charge >= 0.3 is 0 Å². The van der Waals surface area contributed by atoms with Crippen molar-refractivity contribution in [3.8, 4) is 5.75 Å². The number of rotatable bonds is 4. The zero-order chi connectivity index (χ0) is 11.8. The van der Waals surface area contributed by atoms with Crippen molar-refractivity contribution >= 4 is 0 Å². The number of likely N-dealkylation sites (N-methyl/N-ethyl adjacent to an activating group) is 1. The minimum atomic E-state index is -0.0458. The zero-order valence-electron chi connectivity index (χ0n) is 10.2. The van der Waals surface area contributed by atoms with Gasteiger partial charge in [-0.1, -0.05) is 12.1 Å². The topological polar surface area (TPSA) is 38.5 Å². The molecule has 0 heterocycles. The van der Waals surface area contributed by atoms with Crippen molar-refractivity contribution in [1.82, 2.24) is 4.90 Å². The van der Waals surface area contributed by atoms with E-state index in [1.165, 1.54) is 5.56 Å². The van der Waals surface area contributed by atoms with Gasteiger partial charge in [0.1, 0.15) is 5.75 Å². The van der Waals surface area contributed by atoms with Crippen LogP contribution in [0.1, 0.15) is 24.4 Å². The Hall–Kier alpha value is -1.06. The first kappa shape index (κ1) is 11.4. The SMILES string of the molecule is COc1cccc(C(N(C)C)C2(N)CC2)c1. The van der Waals surface area contributed by atoms with Crippen LogP contribution in [-0.2, 0) is 0 Å². The van der Waals surface area contributed by atoms with Gasteiger partial charge in [-0.2, -0.15) is 0 Å². The molecule has 16 heavy (non-hydrogen) atoms. The summed E-state index contributed by atoms with van der Waals surface area (Å²) in [5.41, 5.74) is 7.53.